The van der Waals surface area contributed by atoms with Crippen molar-refractivity contribution >= 4 is 50.2 Å². The van der Waals surface area contributed by atoms with Gasteiger partial charge in [0, 0.05) is 44.0 Å². The van der Waals surface area contributed by atoms with Crippen LogP contribution in [0.15, 0.2) is 126 Å². The fourth-order valence-corrected chi connectivity index (χ4v) is 5.90. The van der Waals surface area contributed by atoms with Crippen LogP contribution in [0.2, 0.25) is 0 Å². The number of hydrogen-bond acceptors (Lipinski definition) is 6. The lowest BCUT2D eigenvalue weighted by molar-refractivity contribution is 0.320. The summed E-state index contributed by atoms with van der Waals surface area (Å²) in [4.78, 5) is 15.5. The average Bonchev–Trinajstić information content (AvgIpc) is 3.08. The second kappa shape index (κ2) is 9.82. The van der Waals surface area contributed by atoms with Crippen LogP contribution >= 0.6 is 0 Å². The Morgan fingerprint density at radius 3 is 1.88 bits per heavy atom. The van der Waals surface area contributed by atoms with Gasteiger partial charge in [0.25, 0.3) is 0 Å². The molecule has 3 heterocycles. The van der Waals surface area contributed by atoms with Crippen LogP contribution in [-0.4, -0.2) is 31.6 Å². The maximum absolute atomic E-state index is 9.62. The van der Waals surface area contributed by atoms with Crippen LogP contribution in [0.3, 0.4) is 0 Å². The van der Waals surface area contributed by atoms with Gasteiger partial charge in [-0.3, -0.25) is 5.41 Å². The number of rotatable bonds is 3. The molecule has 0 unspecified atom stereocenters. The summed E-state index contributed by atoms with van der Waals surface area (Å²) in [5.74, 6) is 0. The van der Waals surface area contributed by atoms with Gasteiger partial charge in [0.2, 0.25) is 0 Å². The second-order valence-corrected chi connectivity index (χ2v) is 10.5. The second-order valence-electron chi connectivity index (χ2n) is 10.5. The predicted molar refractivity (Wildman–Crippen MR) is 174 cm³/mol. The molecule has 7 aromatic rings. The lowest BCUT2D eigenvalue weighted by atomic mass is 9.87. The third-order valence-electron chi connectivity index (χ3n) is 7.99. The van der Waals surface area contributed by atoms with Gasteiger partial charge in [-0.25, -0.2) is 15.0 Å². The first-order chi connectivity index (χ1) is 21.2. The Morgan fingerprint density at radius 1 is 0.558 bits per heavy atom. The molecule has 2 N–H and O–H groups in total. The summed E-state index contributed by atoms with van der Waals surface area (Å²) in [6.45, 7) is 0. The maximum Gasteiger partial charge on any atom is 0.128 e. The van der Waals surface area contributed by atoms with E-state index in [0.717, 1.165) is 72.0 Å². The van der Waals surface area contributed by atoms with Crippen LogP contribution in [-0.2, 0) is 0 Å². The first-order valence-electron chi connectivity index (χ1n) is 14.0. The normalized spacial score (nSPS) is 13.7. The van der Waals surface area contributed by atoms with Crippen LogP contribution in [0.1, 0.15) is 11.1 Å². The quantitative estimate of drug-likeness (QED) is 0.130. The standard InChI is InChI=1S/C37H23N5O/c38-33-31(42-43)21-18-28-32(33)27-13-7-12-26(37(27)41-34(28)23-10-5-2-6-11-23)30-20-17-25-15-14-24-16-19-29(22-8-3-1-4-9-22)39-35(24)36(25)40-30/h1-21,38,43H/b38-33?,42-31-. The lowest BCUT2D eigenvalue weighted by Gasteiger charge is -2.20. The maximum atomic E-state index is 9.62. The Hall–Kier alpha value is -6.01. The minimum Gasteiger partial charge on any atom is -0.410 e. The van der Waals surface area contributed by atoms with Crippen molar-refractivity contribution < 1.29 is 5.21 Å². The Bertz CT molecular complexity index is 2310. The average molecular weight is 554 g/mol. The molecule has 6 nitrogen and oxygen atoms in total. The van der Waals surface area contributed by atoms with Crippen molar-refractivity contribution in [3.63, 3.8) is 0 Å². The molecular formula is C37H23N5O. The van der Waals surface area contributed by atoms with Crippen LogP contribution in [0, 0.1) is 5.41 Å². The molecule has 43 heavy (non-hydrogen) atoms. The zero-order valence-electron chi connectivity index (χ0n) is 22.9. The molecule has 0 atom stereocenters. The molecule has 3 aromatic heterocycles. The van der Waals surface area contributed by atoms with Gasteiger partial charge >= 0.3 is 0 Å². The zero-order chi connectivity index (χ0) is 28.9. The Labute approximate surface area is 246 Å². The number of hydrogen-bond donors (Lipinski definition) is 2. The van der Waals surface area contributed by atoms with Gasteiger partial charge in [0.05, 0.1) is 39.3 Å². The fraction of sp³-hybridized carbons (Fsp3) is 0. The molecule has 0 bridgehead atoms. The van der Waals surface area contributed by atoms with E-state index < -0.39 is 0 Å². The Kier molecular flexibility index (Phi) is 5.65. The van der Waals surface area contributed by atoms with Crippen molar-refractivity contribution in [1.29, 1.82) is 5.41 Å². The van der Waals surface area contributed by atoms with Crippen LogP contribution in [0.25, 0.3) is 72.6 Å². The highest BCUT2D eigenvalue weighted by Gasteiger charge is 2.25. The summed E-state index contributed by atoms with van der Waals surface area (Å²) < 4.78 is 0. The number of oxime groups is 1. The van der Waals surface area contributed by atoms with E-state index in [4.69, 9.17) is 20.4 Å². The highest BCUT2D eigenvalue weighted by molar-refractivity contribution is 6.55. The molecule has 4 aromatic carbocycles. The number of allylic oxidation sites excluding steroid dienone is 1. The molecule has 0 radical (unpaired) electrons. The van der Waals surface area contributed by atoms with Gasteiger partial charge in [-0.2, -0.15) is 0 Å². The molecule has 0 aliphatic heterocycles. The van der Waals surface area contributed by atoms with Crippen molar-refractivity contribution in [3.8, 4) is 33.8 Å². The SMILES string of the molecule is N=C1/C(=N\O)C=Cc2c(-c3ccccc3)nc3c(-c4ccc5ccc6ccc(-c7ccccc7)nc6c5n4)cccc3c21. The molecule has 1 aliphatic rings. The molecule has 0 spiro atoms. The number of nitrogens with one attached hydrogen (secondary N) is 1. The molecule has 8 rings (SSSR count). The van der Waals surface area contributed by atoms with Gasteiger partial charge < -0.3 is 5.21 Å². The van der Waals surface area contributed by atoms with Crippen LogP contribution < -0.4 is 0 Å². The minimum absolute atomic E-state index is 0.150. The van der Waals surface area contributed by atoms with Gasteiger partial charge in [-0.05, 0) is 24.3 Å². The van der Waals surface area contributed by atoms with E-state index in [-0.39, 0.29) is 11.4 Å². The molecular weight excluding hydrogens is 530 g/mol. The first-order valence-corrected chi connectivity index (χ1v) is 14.0. The van der Waals surface area contributed by atoms with Gasteiger partial charge in [0.1, 0.15) is 5.71 Å². The summed E-state index contributed by atoms with van der Waals surface area (Å²) in [5.41, 5.74) is 9.50. The fourth-order valence-electron chi connectivity index (χ4n) is 5.90. The van der Waals surface area contributed by atoms with Crippen molar-refractivity contribution in [2.45, 2.75) is 0 Å². The van der Waals surface area contributed by atoms with Gasteiger partial charge in [-0.1, -0.05) is 108 Å². The number of fused-ring (bicyclic) bond motifs is 6. The van der Waals surface area contributed by atoms with Crippen LogP contribution in [0.4, 0.5) is 0 Å². The van der Waals surface area contributed by atoms with Crippen molar-refractivity contribution in [1.82, 2.24) is 15.0 Å². The number of benzene rings is 4. The number of para-hydroxylation sites is 1. The van der Waals surface area contributed by atoms with E-state index in [1.165, 1.54) is 0 Å². The summed E-state index contributed by atoms with van der Waals surface area (Å²) >= 11 is 0. The largest absolute Gasteiger partial charge is 0.410 e. The van der Waals surface area contributed by atoms with E-state index in [2.05, 4.69) is 41.6 Å². The predicted octanol–water partition coefficient (Wildman–Crippen LogP) is 8.56. The van der Waals surface area contributed by atoms with E-state index >= 15 is 0 Å². The summed E-state index contributed by atoms with van der Waals surface area (Å²) in [7, 11) is 0. The topological polar surface area (TPSA) is 95.1 Å². The van der Waals surface area contributed by atoms with Crippen molar-refractivity contribution in [2.24, 2.45) is 5.16 Å². The third kappa shape index (κ3) is 4.00. The molecule has 0 fully saturated rings. The number of aromatic nitrogens is 3. The molecule has 0 saturated carbocycles. The summed E-state index contributed by atoms with van der Waals surface area (Å²) in [6, 6.07) is 38.4. The monoisotopic (exact) mass is 553 g/mol. The summed E-state index contributed by atoms with van der Waals surface area (Å²) in [6.07, 6.45) is 3.53. The third-order valence-corrected chi connectivity index (χ3v) is 7.99. The zero-order valence-corrected chi connectivity index (χ0v) is 22.9. The highest BCUT2D eigenvalue weighted by Crippen LogP contribution is 2.38. The number of nitrogens with zero attached hydrogens (tertiary/aromatic N) is 4. The molecule has 0 amide bonds. The molecule has 6 heteroatoms. The Morgan fingerprint density at radius 2 is 1.19 bits per heavy atom. The van der Waals surface area contributed by atoms with Crippen molar-refractivity contribution in [3.05, 3.63) is 132 Å². The van der Waals surface area contributed by atoms with E-state index in [0.29, 0.717) is 5.56 Å². The summed E-state index contributed by atoms with van der Waals surface area (Å²) in [5, 5.41) is 24.8. The lowest BCUT2D eigenvalue weighted by Crippen LogP contribution is -2.18. The highest BCUT2D eigenvalue weighted by atomic mass is 16.4. The van der Waals surface area contributed by atoms with Crippen molar-refractivity contribution in [2.75, 3.05) is 0 Å². The van der Waals surface area contributed by atoms with Crippen LogP contribution in [0.5, 0.6) is 0 Å². The molecule has 1 aliphatic carbocycles. The smallest absolute Gasteiger partial charge is 0.128 e. The van der Waals surface area contributed by atoms with E-state index in [1.807, 2.05) is 84.9 Å². The van der Waals surface area contributed by atoms with Gasteiger partial charge in [-0.15, -0.1) is 0 Å². The first kappa shape index (κ1) is 24.8. The molecule has 0 saturated heterocycles. The number of pyridine rings is 3. The molecule has 202 valence electrons. The minimum atomic E-state index is 0.150. The Balaban J connectivity index is 1.40. The van der Waals surface area contributed by atoms with E-state index in [9.17, 15) is 5.21 Å². The van der Waals surface area contributed by atoms with E-state index in [1.54, 1.807) is 6.08 Å². The van der Waals surface area contributed by atoms with Gasteiger partial charge in [0.15, 0.2) is 0 Å².